The number of nitrogens with zero attached hydrogens (tertiary/aromatic N) is 2. The van der Waals surface area contributed by atoms with Crippen LogP contribution in [-0.4, -0.2) is 37.8 Å². The molecule has 0 unspecified atom stereocenters. The van der Waals surface area contributed by atoms with Gasteiger partial charge in [0.05, 0.1) is 6.54 Å². The third-order valence-corrected chi connectivity index (χ3v) is 4.03. The highest BCUT2D eigenvalue weighted by Gasteiger charge is 2.24. The van der Waals surface area contributed by atoms with Gasteiger partial charge in [0.25, 0.3) is 5.91 Å². The number of carbonyl (C=O) groups excluding carboxylic acids is 2. The second kappa shape index (κ2) is 8.87. The van der Waals surface area contributed by atoms with E-state index in [1.54, 1.807) is 39.8 Å². The van der Waals surface area contributed by atoms with E-state index in [9.17, 15) is 19.1 Å². The van der Waals surface area contributed by atoms with Gasteiger partial charge in [0.2, 0.25) is 0 Å². The van der Waals surface area contributed by atoms with Crippen molar-refractivity contribution < 1.29 is 29.0 Å². The van der Waals surface area contributed by atoms with Crippen molar-refractivity contribution in [3.8, 4) is 5.75 Å². The molecule has 1 aromatic heterocycles. The Labute approximate surface area is 167 Å². The maximum absolute atomic E-state index is 13.2. The largest absolute Gasteiger partial charge is 0.505 e. The van der Waals surface area contributed by atoms with Gasteiger partial charge in [0.1, 0.15) is 17.2 Å². The number of benzene rings is 1. The lowest BCUT2D eigenvalue weighted by Gasteiger charge is -2.28. The first-order valence-corrected chi connectivity index (χ1v) is 8.86. The van der Waals surface area contributed by atoms with Gasteiger partial charge in [-0.3, -0.25) is 14.9 Å². The number of aromatic hydroxyl groups is 1. The molecule has 0 bridgehead atoms. The molecule has 0 fully saturated rings. The Hall–Kier alpha value is -3.20. The van der Waals surface area contributed by atoms with Crippen LogP contribution < -0.4 is 5.48 Å². The van der Waals surface area contributed by atoms with Crippen LogP contribution in [-0.2, 0) is 17.8 Å². The maximum Gasteiger partial charge on any atom is 0.410 e. The number of ether oxygens (including phenoxy) is 1. The molecule has 1 heterocycles. The van der Waals surface area contributed by atoms with E-state index in [1.165, 1.54) is 28.7 Å². The number of nitrogens with one attached hydrogen (secondary N) is 1. The number of rotatable bonds is 5. The molecule has 2 amide bonds. The predicted molar refractivity (Wildman–Crippen MR) is 102 cm³/mol. The lowest BCUT2D eigenvalue weighted by atomic mass is 10.1. The monoisotopic (exact) mass is 405 g/mol. The van der Waals surface area contributed by atoms with Crippen molar-refractivity contribution in [2.75, 3.05) is 0 Å². The third kappa shape index (κ3) is 5.89. The molecule has 3 N–H and O–H groups in total. The van der Waals surface area contributed by atoms with E-state index in [0.717, 1.165) is 0 Å². The van der Waals surface area contributed by atoms with Crippen molar-refractivity contribution in [3.63, 3.8) is 0 Å². The van der Waals surface area contributed by atoms with Gasteiger partial charge in [-0.25, -0.2) is 19.6 Å². The smallest absolute Gasteiger partial charge is 0.410 e. The molecule has 0 aliphatic heterocycles. The number of hydrogen-bond acceptors (Lipinski definition) is 6. The molecule has 1 aromatic carbocycles. The van der Waals surface area contributed by atoms with Gasteiger partial charge in [-0.1, -0.05) is 12.1 Å². The summed E-state index contributed by atoms with van der Waals surface area (Å²) >= 11 is 0. The van der Waals surface area contributed by atoms with Crippen LogP contribution in [0.5, 0.6) is 5.75 Å². The SMILES string of the molecule is Cc1c(CN(Cc2ccc(F)cc2)C(=O)OC(C)(C)C)cnc(C(=O)NO)c1O. The van der Waals surface area contributed by atoms with Crippen LogP contribution in [0.3, 0.4) is 0 Å². The molecule has 0 saturated carbocycles. The molecule has 0 spiro atoms. The Morgan fingerprint density at radius 2 is 1.83 bits per heavy atom. The van der Waals surface area contributed by atoms with Crippen LogP contribution in [0.4, 0.5) is 9.18 Å². The summed E-state index contributed by atoms with van der Waals surface area (Å²) < 4.78 is 18.6. The van der Waals surface area contributed by atoms with Crippen LogP contribution in [0, 0.1) is 12.7 Å². The van der Waals surface area contributed by atoms with Gasteiger partial charge in [-0.15, -0.1) is 0 Å². The number of carbonyl (C=O) groups is 2. The number of pyridine rings is 1. The first kappa shape index (κ1) is 22.1. The Bertz CT molecular complexity index is 894. The van der Waals surface area contributed by atoms with Crippen LogP contribution in [0.15, 0.2) is 30.5 Å². The normalized spacial score (nSPS) is 11.1. The van der Waals surface area contributed by atoms with Crippen molar-refractivity contribution in [2.24, 2.45) is 0 Å². The first-order chi connectivity index (χ1) is 13.5. The third-order valence-electron chi connectivity index (χ3n) is 4.03. The second-order valence-electron chi connectivity index (χ2n) is 7.51. The van der Waals surface area contributed by atoms with Crippen molar-refractivity contribution in [3.05, 3.63) is 58.7 Å². The van der Waals surface area contributed by atoms with Crippen molar-refractivity contribution in [1.82, 2.24) is 15.4 Å². The topological polar surface area (TPSA) is 112 Å². The first-order valence-electron chi connectivity index (χ1n) is 8.86. The molecule has 0 atom stereocenters. The Kier molecular flexibility index (Phi) is 6.76. The quantitative estimate of drug-likeness (QED) is 0.520. The summed E-state index contributed by atoms with van der Waals surface area (Å²) in [6.07, 6.45) is 0.736. The highest BCUT2D eigenvalue weighted by molar-refractivity contribution is 5.94. The predicted octanol–water partition coefficient (Wildman–Crippen LogP) is 3.29. The van der Waals surface area contributed by atoms with Crippen molar-refractivity contribution in [1.29, 1.82) is 0 Å². The van der Waals surface area contributed by atoms with Crippen molar-refractivity contribution >= 4 is 12.0 Å². The zero-order valence-corrected chi connectivity index (χ0v) is 16.7. The van der Waals surface area contributed by atoms with Gasteiger partial charge in [0, 0.05) is 12.7 Å². The zero-order valence-electron chi connectivity index (χ0n) is 16.7. The molecule has 2 aromatic rings. The van der Waals surface area contributed by atoms with Crippen LogP contribution in [0.2, 0.25) is 0 Å². The summed E-state index contributed by atoms with van der Waals surface area (Å²) in [5, 5.41) is 19.0. The van der Waals surface area contributed by atoms with E-state index in [1.807, 2.05) is 0 Å². The van der Waals surface area contributed by atoms with Gasteiger partial charge in [0.15, 0.2) is 5.69 Å². The molecule has 0 radical (unpaired) electrons. The maximum atomic E-state index is 13.2. The number of hydroxylamine groups is 1. The highest BCUT2D eigenvalue weighted by atomic mass is 19.1. The van der Waals surface area contributed by atoms with Crippen LogP contribution in [0.1, 0.15) is 48.0 Å². The van der Waals surface area contributed by atoms with Crippen LogP contribution in [0.25, 0.3) is 0 Å². The fraction of sp³-hybridized carbons (Fsp3) is 0.350. The van der Waals surface area contributed by atoms with E-state index in [-0.39, 0.29) is 24.6 Å². The minimum Gasteiger partial charge on any atom is -0.505 e. The Morgan fingerprint density at radius 3 is 2.38 bits per heavy atom. The molecule has 156 valence electrons. The van der Waals surface area contributed by atoms with E-state index in [2.05, 4.69) is 4.98 Å². The zero-order chi connectivity index (χ0) is 21.8. The van der Waals surface area contributed by atoms with Gasteiger partial charge < -0.3 is 9.84 Å². The fourth-order valence-corrected chi connectivity index (χ4v) is 2.54. The number of aromatic nitrogens is 1. The van der Waals surface area contributed by atoms with E-state index >= 15 is 0 Å². The molecule has 2 rings (SSSR count). The Balaban J connectivity index is 2.33. The summed E-state index contributed by atoms with van der Waals surface area (Å²) in [6, 6.07) is 5.71. The Morgan fingerprint density at radius 1 is 1.21 bits per heavy atom. The summed E-state index contributed by atoms with van der Waals surface area (Å²) in [5.74, 6) is -1.74. The average Bonchev–Trinajstić information content (AvgIpc) is 2.64. The van der Waals surface area contributed by atoms with E-state index in [0.29, 0.717) is 16.7 Å². The molecule has 9 heteroatoms. The summed E-state index contributed by atoms with van der Waals surface area (Å²) in [6.45, 7) is 6.94. The average molecular weight is 405 g/mol. The molecular formula is C20H24FN3O5. The standard InChI is InChI=1S/C20H24FN3O5/c1-12-14(9-22-16(17(12)25)18(26)23-28)11-24(19(27)29-20(2,3)4)10-13-5-7-15(21)8-6-13/h5-9,25,28H,10-11H2,1-4H3,(H,23,26). The van der Waals surface area contributed by atoms with Crippen LogP contribution >= 0.6 is 0 Å². The fourth-order valence-electron chi connectivity index (χ4n) is 2.54. The van der Waals surface area contributed by atoms with Gasteiger partial charge >= 0.3 is 6.09 Å². The summed E-state index contributed by atoms with van der Waals surface area (Å²) in [5.41, 5.74) is 1.84. The number of hydrogen-bond donors (Lipinski definition) is 3. The molecule has 0 aliphatic carbocycles. The lowest BCUT2D eigenvalue weighted by Crippen LogP contribution is -2.36. The molecular weight excluding hydrogens is 381 g/mol. The summed E-state index contributed by atoms with van der Waals surface area (Å²) in [4.78, 5) is 29.5. The highest BCUT2D eigenvalue weighted by Crippen LogP contribution is 2.25. The molecule has 8 nitrogen and oxygen atoms in total. The molecule has 0 aliphatic rings. The number of amides is 2. The van der Waals surface area contributed by atoms with E-state index < -0.39 is 23.4 Å². The summed E-state index contributed by atoms with van der Waals surface area (Å²) in [7, 11) is 0. The number of halogens is 1. The van der Waals surface area contributed by atoms with Crippen molar-refractivity contribution in [2.45, 2.75) is 46.4 Å². The minimum atomic E-state index is -0.951. The van der Waals surface area contributed by atoms with E-state index in [4.69, 9.17) is 9.94 Å². The minimum absolute atomic E-state index is 0.0275. The van der Waals surface area contributed by atoms with Gasteiger partial charge in [-0.05, 0) is 56.5 Å². The lowest BCUT2D eigenvalue weighted by molar-refractivity contribution is 0.0215. The second-order valence-corrected chi connectivity index (χ2v) is 7.51. The molecule has 29 heavy (non-hydrogen) atoms. The molecule has 0 saturated heterocycles. The van der Waals surface area contributed by atoms with Gasteiger partial charge in [-0.2, -0.15) is 0 Å².